The first kappa shape index (κ1) is 13.6. The molecule has 1 aliphatic rings. The van der Waals surface area contributed by atoms with Crippen LogP contribution in [0.2, 0.25) is 0 Å². The number of aromatic amines is 1. The molecule has 3 N–H and O–H groups in total. The highest BCUT2D eigenvalue weighted by atomic mass is 16.5. The number of carboxylic acids is 1. The summed E-state index contributed by atoms with van der Waals surface area (Å²) in [6.45, 7) is 1.89. The molecule has 0 aliphatic carbocycles. The van der Waals surface area contributed by atoms with Crippen molar-refractivity contribution in [3.8, 4) is 0 Å². The zero-order chi connectivity index (χ0) is 15.0. The van der Waals surface area contributed by atoms with E-state index in [0.717, 1.165) is 10.9 Å². The smallest absolute Gasteiger partial charge is 0.313 e. The Bertz CT molecular complexity index is 709. The van der Waals surface area contributed by atoms with Gasteiger partial charge in [0.05, 0.1) is 19.3 Å². The maximum Gasteiger partial charge on any atom is 0.313 e. The summed E-state index contributed by atoms with van der Waals surface area (Å²) in [7, 11) is 0. The second-order valence-electron chi connectivity index (χ2n) is 5.54. The van der Waals surface area contributed by atoms with Crippen LogP contribution in [-0.2, 0) is 9.53 Å². The summed E-state index contributed by atoms with van der Waals surface area (Å²) in [4.78, 5) is 26.7. The fourth-order valence-electron chi connectivity index (χ4n) is 2.52. The third-order valence-corrected chi connectivity index (χ3v) is 4.07. The molecule has 3 rings (SSSR count). The van der Waals surface area contributed by atoms with Gasteiger partial charge < -0.3 is 20.1 Å². The van der Waals surface area contributed by atoms with Gasteiger partial charge in [-0.05, 0) is 30.5 Å². The van der Waals surface area contributed by atoms with Crippen LogP contribution in [0.4, 0.5) is 0 Å². The van der Waals surface area contributed by atoms with E-state index in [1.807, 2.05) is 12.1 Å². The van der Waals surface area contributed by atoms with Crippen LogP contribution in [0.3, 0.4) is 0 Å². The number of aromatic nitrogens is 1. The van der Waals surface area contributed by atoms with E-state index in [1.54, 1.807) is 25.3 Å². The van der Waals surface area contributed by atoms with Crippen LogP contribution in [0.15, 0.2) is 30.5 Å². The van der Waals surface area contributed by atoms with Crippen LogP contribution >= 0.6 is 0 Å². The van der Waals surface area contributed by atoms with Gasteiger partial charge in [-0.1, -0.05) is 6.07 Å². The summed E-state index contributed by atoms with van der Waals surface area (Å²) < 4.78 is 5.23. The van der Waals surface area contributed by atoms with Gasteiger partial charge >= 0.3 is 5.97 Å². The summed E-state index contributed by atoms with van der Waals surface area (Å²) in [6.07, 6.45) is 1.80. The number of carboxylic acid groups (broad SMARTS) is 1. The van der Waals surface area contributed by atoms with Crippen LogP contribution in [0, 0.1) is 5.41 Å². The fraction of sp³-hybridized carbons (Fsp3) is 0.333. The van der Waals surface area contributed by atoms with Crippen molar-refractivity contribution < 1.29 is 19.4 Å². The van der Waals surface area contributed by atoms with Crippen LogP contribution in [0.1, 0.15) is 17.3 Å². The maximum absolute atomic E-state index is 12.3. The molecule has 0 radical (unpaired) electrons. The Morgan fingerprint density at radius 3 is 3.00 bits per heavy atom. The topological polar surface area (TPSA) is 91.4 Å². The number of ether oxygens (including phenoxy) is 1. The van der Waals surface area contributed by atoms with Crippen molar-refractivity contribution in [3.63, 3.8) is 0 Å². The second kappa shape index (κ2) is 4.89. The second-order valence-corrected chi connectivity index (χ2v) is 5.54. The van der Waals surface area contributed by atoms with Crippen molar-refractivity contribution >= 4 is 22.8 Å². The van der Waals surface area contributed by atoms with Crippen molar-refractivity contribution in [1.29, 1.82) is 0 Å². The highest BCUT2D eigenvalue weighted by molar-refractivity contribution is 5.98. The first-order valence-electron chi connectivity index (χ1n) is 6.70. The standard InChI is InChI=1S/C15H16N2O4/c1-15(14(19)20)8-21-7-12(15)17-13(18)10-3-2-9-4-5-16-11(9)6-10/h2-6,12,16H,7-8H2,1H3,(H,17,18)(H,19,20). The molecule has 1 amide bonds. The van der Waals surface area contributed by atoms with Crippen molar-refractivity contribution in [3.05, 3.63) is 36.0 Å². The Labute approximate surface area is 121 Å². The SMILES string of the molecule is CC1(C(=O)O)COCC1NC(=O)c1ccc2cc[nH]c2c1. The number of fused-ring (bicyclic) bond motifs is 1. The Kier molecular flexibility index (Phi) is 3.17. The lowest BCUT2D eigenvalue weighted by atomic mass is 9.85. The van der Waals surface area contributed by atoms with Gasteiger partial charge in [0.1, 0.15) is 5.41 Å². The van der Waals surface area contributed by atoms with Crippen LogP contribution in [0.5, 0.6) is 0 Å². The molecule has 2 atom stereocenters. The van der Waals surface area contributed by atoms with E-state index in [9.17, 15) is 14.7 Å². The molecule has 2 heterocycles. The number of amides is 1. The molecular weight excluding hydrogens is 272 g/mol. The zero-order valence-corrected chi connectivity index (χ0v) is 11.6. The van der Waals surface area contributed by atoms with Crippen molar-refractivity contribution in [2.45, 2.75) is 13.0 Å². The molecular formula is C15H16N2O4. The van der Waals surface area contributed by atoms with Gasteiger partial charge in [-0.3, -0.25) is 9.59 Å². The van der Waals surface area contributed by atoms with Gasteiger partial charge in [-0.25, -0.2) is 0 Å². The number of H-pyrrole nitrogens is 1. The summed E-state index contributed by atoms with van der Waals surface area (Å²) in [5.41, 5.74) is 0.266. The average molecular weight is 288 g/mol. The first-order chi connectivity index (χ1) is 10.0. The Hall–Kier alpha value is -2.34. The summed E-state index contributed by atoms with van der Waals surface area (Å²) >= 11 is 0. The van der Waals surface area contributed by atoms with Crippen LogP contribution in [-0.4, -0.2) is 41.2 Å². The van der Waals surface area contributed by atoms with E-state index < -0.39 is 17.4 Å². The molecule has 21 heavy (non-hydrogen) atoms. The number of hydrogen-bond acceptors (Lipinski definition) is 3. The molecule has 2 aromatic rings. The number of rotatable bonds is 3. The zero-order valence-electron chi connectivity index (χ0n) is 11.6. The number of carbonyl (C=O) groups excluding carboxylic acids is 1. The summed E-state index contributed by atoms with van der Waals surface area (Å²) in [5, 5.41) is 13.1. The van der Waals surface area contributed by atoms with Gasteiger partial charge in [0, 0.05) is 17.3 Å². The lowest BCUT2D eigenvalue weighted by molar-refractivity contribution is -0.148. The van der Waals surface area contributed by atoms with Crippen LogP contribution < -0.4 is 5.32 Å². The molecule has 1 aromatic carbocycles. The van der Waals surface area contributed by atoms with Crippen molar-refractivity contribution in [2.75, 3.05) is 13.2 Å². The summed E-state index contributed by atoms with van der Waals surface area (Å²) in [6, 6.07) is 6.70. The minimum Gasteiger partial charge on any atom is -0.481 e. The highest BCUT2D eigenvalue weighted by Gasteiger charge is 2.47. The number of aliphatic carboxylic acids is 1. The summed E-state index contributed by atoms with van der Waals surface area (Å²) in [5.74, 6) is -1.26. The normalized spacial score (nSPS) is 25.1. The number of nitrogens with one attached hydrogen (secondary N) is 2. The quantitative estimate of drug-likeness (QED) is 0.796. The predicted molar refractivity (Wildman–Crippen MR) is 76.1 cm³/mol. The monoisotopic (exact) mass is 288 g/mol. The molecule has 110 valence electrons. The van der Waals surface area contributed by atoms with E-state index in [-0.39, 0.29) is 19.1 Å². The van der Waals surface area contributed by atoms with Gasteiger partial charge in [0.2, 0.25) is 0 Å². The Morgan fingerprint density at radius 2 is 2.24 bits per heavy atom. The molecule has 1 aromatic heterocycles. The molecule has 0 spiro atoms. The molecule has 1 saturated heterocycles. The van der Waals surface area contributed by atoms with Crippen LogP contribution in [0.25, 0.3) is 10.9 Å². The third kappa shape index (κ3) is 2.27. The molecule has 0 saturated carbocycles. The Morgan fingerprint density at radius 1 is 1.43 bits per heavy atom. The van der Waals surface area contributed by atoms with Gasteiger partial charge in [0.25, 0.3) is 5.91 Å². The maximum atomic E-state index is 12.3. The minimum absolute atomic E-state index is 0.100. The van der Waals surface area contributed by atoms with E-state index >= 15 is 0 Å². The largest absolute Gasteiger partial charge is 0.481 e. The first-order valence-corrected chi connectivity index (χ1v) is 6.70. The van der Waals surface area contributed by atoms with E-state index in [2.05, 4.69) is 10.3 Å². The average Bonchev–Trinajstić information content (AvgIpc) is 3.06. The fourth-order valence-corrected chi connectivity index (χ4v) is 2.52. The number of benzene rings is 1. The molecule has 6 heteroatoms. The minimum atomic E-state index is -1.09. The molecule has 2 unspecified atom stereocenters. The molecule has 6 nitrogen and oxygen atoms in total. The molecule has 0 bridgehead atoms. The van der Waals surface area contributed by atoms with Gasteiger partial charge in [-0.2, -0.15) is 0 Å². The van der Waals surface area contributed by atoms with E-state index in [1.165, 1.54) is 0 Å². The lowest BCUT2D eigenvalue weighted by Gasteiger charge is -2.25. The van der Waals surface area contributed by atoms with Gasteiger partial charge in [-0.15, -0.1) is 0 Å². The van der Waals surface area contributed by atoms with Crippen molar-refractivity contribution in [2.24, 2.45) is 5.41 Å². The van der Waals surface area contributed by atoms with E-state index in [4.69, 9.17) is 4.74 Å². The van der Waals surface area contributed by atoms with E-state index in [0.29, 0.717) is 5.56 Å². The lowest BCUT2D eigenvalue weighted by Crippen LogP contribution is -2.49. The molecule has 1 aliphatic heterocycles. The number of carbonyl (C=O) groups is 2. The third-order valence-electron chi connectivity index (χ3n) is 4.07. The molecule has 1 fully saturated rings. The Balaban J connectivity index is 1.81. The van der Waals surface area contributed by atoms with Crippen molar-refractivity contribution in [1.82, 2.24) is 10.3 Å². The highest BCUT2D eigenvalue weighted by Crippen LogP contribution is 2.29. The van der Waals surface area contributed by atoms with Gasteiger partial charge in [0.15, 0.2) is 0 Å². The number of hydrogen-bond donors (Lipinski definition) is 3. The predicted octanol–water partition coefficient (Wildman–Crippen LogP) is 1.39.